The van der Waals surface area contributed by atoms with E-state index in [0.29, 0.717) is 5.56 Å². The molecule has 2 aromatic rings. The maximum Gasteiger partial charge on any atom is 0.253 e. The van der Waals surface area contributed by atoms with Crippen molar-refractivity contribution < 1.29 is 9.90 Å². The molecular weight excluding hydrogens is 250 g/mol. The van der Waals surface area contributed by atoms with E-state index < -0.39 is 6.10 Å². The first-order valence-corrected chi connectivity index (χ1v) is 6.66. The van der Waals surface area contributed by atoms with E-state index in [1.54, 1.807) is 24.1 Å². The second-order valence-electron chi connectivity index (χ2n) is 4.88. The van der Waals surface area contributed by atoms with E-state index in [4.69, 9.17) is 0 Å². The molecule has 104 valence electrons. The van der Waals surface area contributed by atoms with Crippen LogP contribution in [0.2, 0.25) is 0 Å². The van der Waals surface area contributed by atoms with Gasteiger partial charge in [0.25, 0.3) is 5.91 Å². The monoisotopic (exact) mass is 269 g/mol. The summed E-state index contributed by atoms with van der Waals surface area (Å²) >= 11 is 0. The van der Waals surface area contributed by atoms with Gasteiger partial charge in [0, 0.05) is 12.6 Å². The lowest BCUT2D eigenvalue weighted by Crippen LogP contribution is -2.39. The molecule has 0 radical (unpaired) electrons. The van der Waals surface area contributed by atoms with Gasteiger partial charge in [-0.15, -0.1) is 0 Å². The Morgan fingerprint density at radius 2 is 1.50 bits per heavy atom. The van der Waals surface area contributed by atoms with Crippen LogP contribution >= 0.6 is 0 Å². The first-order valence-electron chi connectivity index (χ1n) is 6.66. The molecule has 0 fully saturated rings. The van der Waals surface area contributed by atoms with Crippen molar-refractivity contribution >= 4 is 5.91 Å². The summed E-state index contributed by atoms with van der Waals surface area (Å²) in [6.07, 6.45) is -0.700. The minimum absolute atomic E-state index is 0.0897. The fourth-order valence-electron chi connectivity index (χ4n) is 2.11. The van der Waals surface area contributed by atoms with E-state index in [-0.39, 0.29) is 11.9 Å². The van der Waals surface area contributed by atoms with Gasteiger partial charge >= 0.3 is 0 Å². The third kappa shape index (κ3) is 3.06. The summed E-state index contributed by atoms with van der Waals surface area (Å²) in [7, 11) is 1.71. The van der Waals surface area contributed by atoms with Crippen molar-refractivity contribution in [2.24, 2.45) is 0 Å². The summed E-state index contributed by atoms with van der Waals surface area (Å²) in [6.45, 7) is 1.85. The van der Waals surface area contributed by atoms with Gasteiger partial charge in [0.1, 0.15) is 0 Å². The lowest BCUT2D eigenvalue weighted by molar-refractivity contribution is 0.0487. The van der Waals surface area contributed by atoms with Crippen LogP contribution in [-0.2, 0) is 0 Å². The van der Waals surface area contributed by atoms with E-state index in [9.17, 15) is 9.90 Å². The third-order valence-corrected chi connectivity index (χ3v) is 3.55. The fourth-order valence-corrected chi connectivity index (χ4v) is 2.11. The molecule has 0 unspecified atom stereocenters. The first-order chi connectivity index (χ1) is 9.61. The van der Waals surface area contributed by atoms with E-state index in [0.717, 1.165) is 5.56 Å². The molecule has 0 saturated carbocycles. The number of carbonyl (C=O) groups is 1. The standard InChI is InChI=1S/C17H19NO2/c1-13(16(19)14-9-5-3-6-10-14)18(2)17(20)15-11-7-4-8-12-15/h3-13,16,19H,1-2H3/t13-,16-/m1/s1. The quantitative estimate of drug-likeness (QED) is 0.927. The number of aliphatic hydroxyl groups is 1. The molecule has 0 saturated heterocycles. The molecule has 20 heavy (non-hydrogen) atoms. The Labute approximate surface area is 119 Å². The van der Waals surface area contributed by atoms with Crippen LogP contribution in [0.1, 0.15) is 28.9 Å². The van der Waals surface area contributed by atoms with Crippen molar-refractivity contribution in [2.45, 2.75) is 19.1 Å². The number of hydrogen-bond donors (Lipinski definition) is 1. The second-order valence-corrected chi connectivity index (χ2v) is 4.88. The lowest BCUT2D eigenvalue weighted by Gasteiger charge is -2.29. The average Bonchev–Trinajstić information content (AvgIpc) is 2.53. The van der Waals surface area contributed by atoms with Crippen molar-refractivity contribution in [3.63, 3.8) is 0 Å². The topological polar surface area (TPSA) is 40.5 Å². The Morgan fingerprint density at radius 3 is 2.05 bits per heavy atom. The van der Waals surface area contributed by atoms with E-state index in [1.807, 2.05) is 55.5 Å². The van der Waals surface area contributed by atoms with Crippen LogP contribution in [0.4, 0.5) is 0 Å². The minimum atomic E-state index is -0.700. The highest BCUT2D eigenvalue weighted by atomic mass is 16.3. The van der Waals surface area contributed by atoms with E-state index >= 15 is 0 Å². The number of likely N-dealkylation sites (N-methyl/N-ethyl adjacent to an activating group) is 1. The van der Waals surface area contributed by atoms with Crippen molar-refractivity contribution in [3.05, 3.63) is 71.8 Å². The van der Waals surface area contributed by atoms with Crippen molar-refractivity contribution in [3.8, 4) is 0 Å². The van der Waals surface area contributed by atoms with Crippen LogP contribution in [0.15, 0.2) is 60.7 Å². The van der Waals surface area contributed by atoms with Crippen LogP contribution in [0, 0.1) is 0 Å². The Bertz CT molecular complexity index is 554. The molecule has 0 spiro atoms. The van der Waals surface area contributed by atoms with Gasteiger partial charge in [-0.1, -0.05) is 48.5 Å². The largest absolute Gasteiger partial charge is 0.386 e. The van der Waals surface area contributed by atoms with Gasteiger partial charge in [0.2, 0.25) is 0 Å². The zero-order valence-electron chi connectivity index (χ0n) is 11.7. The smallest absolute Gasteiger partial charge is 0.253 e. The Kier molecular flexibility index (Phi) is 4.53. The van der Waals surface area contributed by atoms with Gasteiger partial charge in [-0.3, -0.25) is 4.79 Å². The van der Waals surface area contributed by atoms with Gasteiger partial charge < -0.3 is 10.0 Å². The molecule has 0 aliphatic rings. The van der Waals surface area contributed by atoms with Crippen molar-refractivity contribution in [2.75, 3.05) is 7.05 Å². The summed E-state index contributed by atoms with van der Waals surface area (Å²) in [5.74, 6) is -0.0897. The van der Waals surface area contributed by atoms with E-state index in [2.05, 4.69) is 0 Å². The van der Waals surface area contributed by atoms with Crippen LogP contribution in [-0.4, -0.2) is 29.0 Å². The van der Waals surface area contributed by atoms with Crippen LogP contribution in [0.5, 0.6) is 0 Å². The molecule has 1 amide bonds. The van der Waals surface area contributed by atoms with Crippen LogP contribution < -0.4 is 0 Å². The molecular formula is C17H19NO2. The number of aliphatic hydroxyl groups excluding tert-OH is 1. The highest BCUT2D eigenvalue weighted by molar-refractivity contribution is 5.94. The summed E-state index contributed by atoms with van der Waals surface area (Å²) in [4.78, 5) is 13.9. The summed E-state index contributed by atoms with van der Waals surface area (Å²) in [5, 5.41) is 10.4. The number of nitrogens with zero attached hydrogens (tertiary/aromatic N) is 1. The molecule has 0 aliphatic heterocycles. The molecule has 0 aliphatic carbocycles. The highest BCUT2D eigenvalue weighted by Gasteiger charge is 2.24. The van der Waals surface area contributed by atoms with Crippen LogP contribution in [0.3, 0.4) is 0 Å². The zero-order chi connectivity index (χ0) is 14.5. The normalized spacial score (nSPS) is 13.6. The summed E-state index contributed by atoms with van der Waals surface area (Å²) in [6, 6.07) is 18.2. The number of rotatable bonds is 4. The van der Waals surface area contributed by atoms with Gasteiger partial charge in [-0.2, -0.15) is 0 Å². The van der Waals surface area contributed by atoms with Crippen LogP contribution in [0.25, 0.3) is 0 Å². The van der Waals surface area contributed by atoms with Gasteiger partial charge in [-0.05, 0) is 24.6 Å². The number of amides is 1. The van der Waals surface area contributed by atoms with Crippen molar-refractivity contribution in [1.29, 1.82) is 0 Å². The predicted molar refractivity (Wildman–Crippen MR) is 79.4 cm³/mol. The first kappa shape index (κ1) is 14.3. The number of benzene rings is 2. The predicted octanol–water partition coefficient (Wildman–Crippen LogP) is 2.88. The Hall–Kier alpha value is -2.13. The molecule has 2 atom stereocenters. The highest BCUT2D eigenvalue weighted by Crippen LogP contribution is 2.21. The summed E-state index contributed by atoms with van der Waals surface area (Å²) < 4.78 is 0. The second kappa shape index (κ2) is 6.35. The van der Waals surface area contributed by atoms with Gasteiger partial charge in [0.05, 0.1) is 12.1 Å². The molecule has 0 heterocycles. The third-order valence-electron chi connectivity index (χ3n) is 3.55. The molecule has 2 aromatic carbocycles. The lowest BCUT2D eigenvalue weighted by atomic mass is 10.0. The molecule has 3 nitrogen and oxygen atoms in total. The number of carbonyl (C=O) groups excluding carboxylic acids is 1. The maximum atomic E-state index is 12.3. The molecule has 2 rings (SSSR count). The Balaban J connectivity index is 2.13. The molecule has 3 heteroatoms. The maximum absolute atomic E-state index is 12.3. The van der Waals surface area contributed by atoms with Gasteiger partial charge in [-0.25, -0.2) is 0 Å². The summed E-state index contributed by atoms with van der Waals surface area (Å²) in [5.41, 5.74) is 1.44. The molecule has 1 N–H and O–H groups in total. The molecule has 0 aromatic heterocycles. The average molecular weight is 269 g/mol. The Morgan fingerprint density at radius 1 is 1.00 bits per heavy atom. The van der Waals surface area contributed by atoms with E-state index in [1.165, 1.54) is 0 Å². The van der Waals surface area contributed by atoms with Gasteiger partial charge in [0.15, 0.2) is 0 Å². The number of hydrogen-bond acceptors (Lipinski definition) is 2. The zero-order valence-corrected chi connectivity index (χ0v) is 11.7. The SMILES string of the molecule is C[C@H]([C@@H](O)c1ccccc1)N(C)C(=O)c1ccccc1. The van der Waals surface area contributed by atoms with Crippen molar-refractivity contribution in [1.82, 2.24) is 4.90 Å². The minimum Gasteiger partial charge on any atom is -0.386 e. The fraction of sp³-hybridized carbons (Fsp3) is 0.235. The molecule has 0 bridgehead atoms.